The van der Waals surface area contributed by atoms with Crippen LogP contribution >= 0.6 is 11.3 Å². The minimum atomic E-state index is -0.288. The minimum absolute atomic E-state index is 0.159. The Morgan fingerprint density at radius 2 is 1.81 bits per heavy atom. The number of benzene rings is 2. The van der Waals surface area contributed by atoms with Gasteiger partial charge >= 0.3 is 0 Å². The Morgan fingerprint density at radius 1 is 1.15 bits per heavy atom. The molecule has 3 rings (SSSR count). The molecule has 0 spiro atoms. The van der Waals surface area contributed by atoms with Crippen molar-refractivity contribution >= 4 is 17.2 Å². The summed E-state index contributed by atoms with van der Waals surface area (Å²) in [6.45, 7) is 5.84. The second-order valence-corrected chi connectivity index (χ2v) is 7.23. The van der Waals surface area contributed by atoms with Crippen molar-refractivity contribution in [3.05, 3.63) is 76.0 Å². The Labute approximate surface area is 156 Å². The summed E-state index contributed by atoms with van der Waals surface area (Å²) in [4.78, 5) is 17.8. The highest BCUT2D eigenvalue weighted by molar-refractivity contribution is 7.17. The zero-order valence-corrected chi connectivity index (χ0v) is 15.9. The third kappa shape index (κ3) is 3.99. The predicted molar refractivity (Wildman–Crippen MR) is 104 cm³/mol. The maximum Gasteiger partial charge on any atom is 0.263 e. The normalized spacial score (nSPS) is 12.0. The molecule has 0 saturated heterocycles. The zero-order valence-electron chi connectivity index (χ0n) is 15.0. The molecule has 5 heteroatoms. The number of aromatic nitrogens is 1. The van der Waals surface area contributed by atoms with E-state index in [9.17, 15) is 9.18 Å². The second-order valence-electron chi connectivity index (χ2n) is 6.23. The van der Waals surface area contributed by atoms with Gasteiger partial charge in [-0.25, -0.2) is 9.37 Å². The van der Waals surface area contributed by atoms with Crippen LogP contribution in [0.1, 0.15) is 46.4 Å². The first kappa shape index (κ1) is 18.3. The van der Waals surface area contributed by atoms with Crippen molar-refractivity contribution in [3.63, 3.8) is 0 Å². The summed E-state index contributed by atoms with van der Waals surface area (Å²) in [6.07, 6.45) is 0.992. The van der Waals surface area contributed by atoms with E-state index in [1.807, 2.05) is 26.0 Å². The van der Waals surface area contributed by atoms with Crippen LogP contribution in [0.2, 0.25) is 0 Å². The topological polar surface area (TPSA) is 42.0 Å². The Morgan fingerprint density at radius 3 is 2.42 bits per heavy atom. The summed E-state index contributed by atoms with van der Waals surface area (Å²) in [6, 6.07) is 14.2. The zero-order chi connectivity index (χ0) is 18.7. The standard InChI is InChI=1S/C21H21FN2OS/c1-4-15-5-7-17(8-6-15)21-24-14(3)19(26-21)20(25)23-13(2)16-9-11-18(22)12-10-16/h5-13H,4H2,1-3H3,(H,23,25). The van der Waals surface area contributed by atoms with Gasteiger partial charge in [-0.1, -0.05) is 43.3 Å². The molecular weight excluding hydrogens is 347 g/mol. The van der Waals surface area contributed by atoms with E-state index >= 15 is 0 Å². The molecule has 0 saturated carbocycles. The third-order valence-electron chi connectivity index (χ3n) is 4.33. The summed E-state index contributed by atoms with van der Waals surface area (Å²) in [5, 5.41) is 3.80. The number of carbonyl (C=O) groups is 1. The molecular formula is C21H21FN2OS. The van der Waals surface area contributed by atoms with Gasteiger partial charge in [-0.05, 0) is 43.5 Å². The van der Waals surface area contributed by atoms with Crippen LogP contribution < -0.4 is 5.32 Å². The molecule has 26 heavy (non-hydrogen) atoms. The molecule has 1 amide bonds. The van der Waals surface area contributed by atoms with Gasteiger partial charge in [-0.3, -0.25) is 4.79 Å². The Kier molecular flexibility index (Phi) is 5.47. The maximum atomic E-state index is 13.0. The highest BCUT2D eigenvalue weighted by Crippen LogP contribution is 2.28. The van der Waals surface area contributed by atoms with E-state index in [2.05, 4.69) is 29.4 Å². The molecule has 3 nitrogen and oxygen atoms in total. The predicted octanol–water partition coefficient (Wildman–Crippen LogP) is 5.31. The van der Waals surface area contributed by atoms with Crippen molar-refractivity contribution in [1.82, 2.24) is 10.3 Å². The van der Waals surface area contributed by atoms with E-state index in [4.69, 9.17) is 0 Å². The van der Waals surface area contributed by atoms with Crippen molar-refractivity contribution in [1.29, 1.82) is 0 Å². The fourth-order valence-corrected chi connectivity index (χ4v) is 3.69. The first-order chi connectivity index (χ1) is 12.5. The number of hydrogen-bond donors (Lipinski definition) is 1. The summed E-state index contributed by atoms with van der Waals surface area (Å²) in [7, 11) is 0. The van der Waals surface area contributed by atoms with Gasteiger partial charge in [-0.2, -0.15) is 0 Å². The fraction of sp³-hybridized carbons (Fsp3) is 0.238. The van der Waals surface area contributed by atoms with Gasteiger partial charge in [-0.15, -0.1) is 11.3 Å². The number of nitrogens with one attached hydrogen (secondary N) is 1. The first-order valence-corrected chi connectivity index (χ1v) is 9.42. The van der Waals surface area contributed by atoms with E-state index < -0.39 is 0 Å². The van der Waals surface area contributed by atoms with Crippen LogP contribution in [-0.4, -0.2) is 10.9 Å². The molecule has 1 atom stereocenters. The van der Waals surface area contributed by atoms with Crippen LogP contribution in [0, 0.1) is 12.7 Å². The minimum Gasteiger partial charge on any atom is -0.345 e. The molecule has 1 heterocycles. The molecule has 1 unspecified atom stereocenters. The number of thiazole rings is 1. The Hall–Kier alpha value is -2.53. The largest absolute Gasteiger partial charge is 0.345 e. The molecule has 0 bridgehead atoms. The van der Waals surface area contributed by atoms with Crippen LogP contribution in [0.25, 0.3) is 10.6 Å². The van der Waals surface area contributed by atoms with Crippen LogP contribution in [0.5, 0.6) is 0 Å². The number of amides is 1. The third-order valence-corrected chi connectivity index (χ3v) is 5.53. The number of halogens is 1. The highest BCUT2D eigenvalue weighted by atomic mass is 32.1. The summed E-state index contributed by atoms with van der Waals surface area (Å²) in [5.41, 5.74) is 3.86. The second kappa shape index (κ2) is 7.79. The van der Waals surface area contributed by atoms with Gasteiger partial charge in [0, 0.05) is 5.56 Å². The van der Waals surface area contributed by atoms with Gasteiger partial charge in [0.15, 0.2) is 0 Å². The quantitative estimate of drug-likeness (QED) is 0.663. The summed E-state index contributed by atoms with van der Waals surface area (Å²) in [5.74, 6) is -0.447. The van der Waals surface area contributed by atoms with Crippen molar-refractivity contribution in [2.45, 2.75) is 33.2 Å². The molecule has 0 fully saturated rings. The van der Waals surface area contributed by atoms with Crippen LogP contribution in [0.15, 0.2) is 48.5 Å². The van der Waals surface area contributed by atoms with E-state index in [0.29, 0.717) is 10.6 Å². The molecule has 0 aliphatic carbocycles. The van der Waals surface area contributed by atoms with Gasteiger partial charge < -0.3 is 5.32 Å². The van der Waals surface area contributed by atoms with E-state index in [0.717, 1.165) is 22.6 Å². The lowest BCUT2D eigenvalue weighted by molar-refractivity contribution is 0.0943. The number of nitrogens with zero attached hydrogens (tertiary/aromatic N) is 1. The van der Waals surface area contributed by atoms with E-state index in [-0.39, 0.29) is 17.8 Å². The Balaban J connectivity index is 1.77. The molecule has 3 aromatic rings. The Bertz CT molecular complexity index is 901. The molecule has 1 N–H and O–H groups in total. The molecule has 1 aromatic heterocycles. The van der Waals surface area contributed by atoms with Crippen molar-refractivity contribution in [2.24, 2.45) is 0 Å². The SMILES string of the molecule is CCc1ccc(-c2nc(C)c(C(=O)NC(C)c3ccc(F)cc3)s2)cc1. The van der Waals surface area contributed by atoms with Gasteiger partial charge in [0.05, 0.1) is 11.7 Å². The number of rotatable bonds is 5. The van der Waals surface area contributed by atoms with Gasteiger partial charge in [0.1, 0.15) is 15.7 Å². The number of aryl methyl sites for hydroxylation is 2. The molecule has 0 aliphatic rings. The van der Waals surface area contributed by atoms with Crippen LogP contribution in [0.4, 0.5) is 4.39 Å². The van der Waals surface area contributed by atoms with Gasteiger partial charge in [0.2, 0.25) is 0 Å². The molecule has 0 radical (unpaired) electrons. The average molecular weight is 368 g/mol. The van der Waals surface area contributed by atoms with E-state index in [1.165, 1.54) is 29.0 Å². The molecule has 134 valence electrons. The lowest BCUT2D eigenvalue weighted by Crippen LogP contribution is -2.26. The lowest BCUT2D eigenvalue weighted by Gasteiger charge is -2.13. The summed E-state index contributed by atoms with van der Waals surface area (Å²) >= 11 is 1.39. The fourth-order valence-electron chi connectivity index (χ4n) is 2.71. The average Bonchev–Trinajstić information content (AvgIpc) is 3.04. The molecule has 0 aliphatic heterocycles. The van der Waals surface area contributed by atoms with Crippen molar-refractivity contribution < 1.29 is 9.18 Å². The summed E-state index contributed by atoms with van der Waals surface area (Å²) < 4.78 is 13.0. The first-order valence-electron chi connectivity index (χ1n) is 8.61. The highest BCUT2D eigenvalue weighted by Gasteiger charge is 2.18. The van der Waals surface area contributed by atoms with Gasteiger partial charge in [0.25, 0.3) is 5.91 Å². The molecule has 2 aromatic carbocycles. The lowest BCUT2D eigenvalue weighted by atomic mass is 10.1. The number of carbonyl (C=O) groups excluding carboxylic acids is 1. The maximum absolute atomic E-state index is 13.0. The monoisotopic (exact) mass is 368 g/mol. The smallest absolute Gasteiger partial charge is 0.263 e. The van der Waals surface area contributed by atoms with Crippen molar-refractivity contribution in [2.75, 3.05) is 0 Å². The van der Waals surface area contributed by atoms with E-state index in [1.54, 1.807) is 12.1 Å². The van der Waals surface area contributed by atoms with Crippen LogP contribution in [-0.2, 0) is 6.42 Å². The van der Waals surface area contributed by atoms with Crippen LogP contribution in [0.3, 0.4) is 0 Å². The van der Waals surface area contributed by atoms with Crippen molar-refractivity contribution in [3.8, 4) is 10.6 Å². The number of hydrogen-bond acceptors (Lipinski definition) is 3.